The molecule has 0 saturated heterocycles. The van der Waals surface area contributed by atoms with Crippen molar-refractivity contribution < 1.29 is 27.5 Å². The molecular weight excluding hydrogens is 596 g/mol. The minimum absolute atomic E-state index is 0.0111. The number of hydrogen-bond acceptors (Lipinski definition) is 8. The maximum Gasteiger partial charge on any atom is 0.411 e. The first-order valence-corrected chi connectivity index (χ1v) is 16.1. The number of ether oxygens (including phenoxy) is 2. The van der Waals surface area contributed by atoms with Crippen LogP contribution in [0.3, 0.4) is 0 Å². The summed E-state index contributed by atoms with van der Waals surface area (Å²) in [5.41, 5.74) is 2.98. The van der Waals surface area contributed by atoms with Gasteiger partial charge < -0.3 is 24.7 Å². The maximum absolute atomic E-state index is 13.2. The average molecular weight is 633 g/mol. The van der Waals surface area contributed by atoms with Crippen LogP contribution < -0.4 is 16.2 Å². The Kier molecular flexibility index (Phi) is 9.54. The number of nitrogens with zero attached hydrogens (tertiary/aromatic N) is 1. The topological polar surface area (TPSA) is 147 Å². The summed E-state index contributed by atoms with van der Waals surface area (Å²) in [6.07, 6.45) is 1.57. The molecule has 1 fully saturated rings. The summed E-state index contributed by atoms with van der Waals surface area (Å²) >= 11 is 0. The number of sulfone groups is 1. The number of likely N-dealkylation sites (N-methyl/N-ethyl adjacent to an activating group) is 1. The molecule has 1 heterocycles. The van der Waals surface area contributed by atoms with Crippen LogP contribution in [0.1, 0.15) is 35.6 Å². The number of aromatic amines is 1. The summed E-state index contributed by atoms with van der Waals surface area (Å²) in [7, 11) is -0.481. The molecule has 3 N–H and O–H groups in total. The molecule has 11 nitrogen and oxygen atoms in total. The van der Waals surface area contributed by atoms with Crippen LogP contribution in [0.5, 0.6) is 0 Å². The minimum atomic E-state index is -3.60. The van der Waals surface area contributed by atoms with Gasteiger partial charge in [-0.05, 0) is 78.2 Å². The Morgan fingerprint density at radius 2 is 1.80 bits per heavy atom. The molecule has 0 aliphatic heterocycles. The molecule has 12 heteroatoms. The van der Waals surface area contributed by atoms with Gasteiger partial charge in [0.05, 0.1) is 16.7 Å². The van der Waals surface area contributed by atoms with Gasteiger partial charge in [-0.15, -0.1) is 0 Å². The number of benzene rings is 3. The number of hydrogen-bond donors (Lipinski definition) is 3. The summed E-state index contributed by atoms with van der Waals surface area (Å²) in [6.45, 7) is 1.83. The molecule has 1 atom stereocenters. The fraction of sp³-hybridized carbons (Fsp3) is 0.303. The predicted molar refractivity (Wildman–Crippen MR) is 172 cm³/mol. The van der Waals surface area contributed by atoms with Gasteiger partial charge in [0.25, 0.3) is 5.56 Å². The number of methoxy groups -OCH3 is 1. The van der Waals surface area contributed by atoms with Crippen molar-refractivity contribution in [1.82, 2.24) is 9.88 Å². The Labute approximate surface area is 261 Å². The van der Waals surface area contributed by atoms with E-state index in [1.54, 1.807) is 50.7 Å². The number of rotatable bonds is 12. The summed E-state index contributed by atoms with van der Waals surface area (Å²) in [5.74, 6) is -0.300. The Balaban J connectivity index is 1.27. The minimum Gasteiger partial charge on any atom is -0.446 e. The lowest BCUT2D eigenvalue weighted by Gasteiger charge is -2.21. The zero-order valence-corrected chi connectivity index (χ0v) is 26.1. The quantitative estimate of drug-likeness (QED) is 0.202. The lowest BCUT2D eigenvalue weighted by Crippen LogP contribution is -2.32. The number of anilines is 2. The van der Waals surface area contributed by atoms with Crippen molar-refractivity contribution in [1.29, 1.82) is 0 Å². The van der Waals surface area contributed by atoms with Crippen molar-refractivity contribution in [3.05, 3.63) is 100.0 Å². The number of carbonyl (C=O) groups excluding carboxylic acids is 2. The van der Waals surface area contributed by atoms with E-state index in [-0.39, 0.29) is 36.1 Å². The Morgan fingerprint density at radius 3 is 2.53 bits per heavy atom. The van der Waals surface area contributed by atoms with Gasteiger partial charge in [0.1, 0.15) is 12.7 Å². The van der Waals surface area contributed by atoms with Crippen LogP contribution >= 0.6 is 0 Å². The Bertz CT molecular complexity index is 1890. The van der Waals surface area contributed by atoms with E-state index >= 15 is 0 Å². The molecule has 5 rings (SSSR count). The Hall–Kier alpha value is -4.68. The highest BCUT2D eigenvalue weighted by atomic mass is 32.2. The van der Waals surface area contributed by atoms with Crippen molar-refractivity contribution in [2.45, 2.75) is 42.6 Å². The van der Waals surface area contributed by atoms with Crippen LogP contribution in [0.25, 0.3) is 10.8 Å². The van der Waals surface area contributed by atoms with Gasteiger partial charge in [0.15, 0.2) is 9.84 Å². The molecule has 1 aliphatic rings. The summed E-state index contributed by atoms with van der Waals surface area (Å²) in [6, 6.07) is 19.2. The van der Waals surface area contributed by atoms with Crippen LogP contribution in [-0.4, -0.2) is 62.9 Å². The number of pyridine rings is 1. The van der Waals surface area contributed by atoms with Crippen molar-refractivity contribution in [3.8, 4) is 0 Å². The average Bonchev–Trinajstić information content (AvgIpc) is 3.88. The van der Waals surface area contributed by atoms with E-state index in [4.69, 9.17) is 9.47 Å². The number of carbonyl (C=O) groups is 2. The maximum atomic E-state index is 13.2. The number of amides is 2. The highest BCUT2D eigenvalue weighted by molar-refractivity contribution is 7.92. The third kappa shape index (κ3) is 7.52. The predicted octanol–water partition coefficient (Wildman–Crippen LogP) is 4.78. The highest BCUT2D eigenvalue weighted by Gasteiger charge is 2.38. The van der Waals surface area contributed by atoms with Crippen molar-refractivity contribution >= 4 is 44.0 Å². The van der Waals surface area contributed by atoms with Gasteiger partial charge >= 0.3 is 6.09 Å². The molecule has 2 amide bonds. The van der Waals surface area contributed by atoms with E-state index < -0.39 is 27.3 Å². The summed E-state index contributed by atoms with van der Waals surface area (Å²) < 4.78 is 37.5. The lowest BCUT2D eigenvalue weighted by atomic mass is 10.0. The standard InChI is InChI=1S/C33H36N4O7S/c1-21-6-4-5-7-27(21)29(43-3)20-44-33(40)36-25-10-13-30(45(41,42)26-11-12-26)23(16-25)19-37(2)31(38)18-35-24-9-8-22-14-15-34-32(39)28(22)17-24/h4-10,13-17,26,29,35H,11-12,18-20H2,1-3H3,(H,34,39)(H,36,40)/t29-/m0/s1. The molecule has 1 saturated carbocycles. The van der Waals surface area contributed by atoms with Gasteiger partial charge in [0, 0.05) is 43.7 Å². The third-order valence-corrected chi connectivity index (χ3v) is 10.2. The number of nitrogens with one attached hydrogen (secondary N) is 3. The van der Waals surface area contributed by atoms with Gasteiger partial charge in [0.2, 0.25) is 5.91 Å². The summed E-state index contributed by atoms with van der Waals surface area (Å²) in [4.78, 5) is 42.1. The number of aromatic nitrogens is 1. The van der Waals surface area contributed by atoms with E-state index in [9.17, 15) is 22.8 Å². The van der Waals surface area contributed by atoms with E-state index in [2.05, 4.69) is 15.6 Å². The van der Waals surface area contributed by atoms with E-state index in [1.807, 2.05) is 31.2 Å². The molecule has 4 aromatic rings. The van der Waals surface area contributed by atoms with E-state index in [1.165, 1.54) is 17.0 Å². The number of fused-ring (bicyclic) bond motifs is 1. The van der Waals surface area contributed by atoms with Crippen LogP contribution in [0, 0.1) is 6.92 Å². The molecule has 0 bridgehead atoms. The van der Waals surface area contributed by atoms with E-state index in [0.29, 0.717) is 35.2 Å². The van der Waals surface area contributed by atoms with Gasteiger partial charge in [-0.25, -0.2) is 13.2 Å². The van der Waals surface area contributed by atoms with Crippen LogP contribution in [0.2, 0.25) is 0 Å². The largest absolute Gasteiger partial charge is 0.446 e. The smallest absolute Gasteiger partial charge is 0.411 e. The Morgan fingerprint density at radius 1 is 1.04 bits per heavy atom. The molecule has 1 aliphatic carbocycles. The zero-order valence-electron chi connectivity index (χ0n) is 25.3. The third-order valence-electron chi connectivity index (χ3n) is 7.81. The van der Waals surface area contributed by atoms with Crippen LogP contribution in [0.15, 0.2) is 82.6 Å². The van der Waals surface area contributed by atoms with Gasteiger partial charge in [-0.1, -0.05) is 30.3 Å². The normalized spacial score (nSPS) is 13.7. The second-order valence-corrected chi connectivity index (χ2v) is 13.3. The molecular formula is C33H36N4O7S. The van der Waals surface area contributed by atoms with Crippen LogP contribution in [-0.2, 0) is 30.7 Å². The highest BCUT2D eigenvalue weighted by Crippen LogP contribution is 2.36. The van der Waals surface area contributed by atoms with Crippen molar-refractivity contribution in [2.24, 2.45) is 0 Å². The molecule has 3 aromatic carbocycles. The van der Waals surface area contributed by atoms with Crippen molar-refractivity contribution in [2.75, 3.05) is 37.9 Å². The van der Waals surface area contributed by atoms with Gasteiger partial charge in [-0.3, -0.25) is 14.9 Å². The molecule has 45 heavy (non-hydrogen) atoms. The van der Waals surface area contributed by atoms with E-state index in [0.717, 1.165) is 16.5 Å². The number of aryl methyl sites for hydroxylation is 1. The second-order valence-electron chi connectivity index (χ2n) is 11.1. The van der Waals surface area contributed by atoms with Crippen molar-refractivity contribution in [3.63, 3.8) is 0 Å². The molecule has 236 valence electrons. The molecule has 0 unspecified atom stereocenters. The second kappa shape index (κ2) is 13.5. The van der Waals surface area contributed by atoms with Gasteiger partial charge in [-0.2, -0.15) is 0 Å². The monoisotopic (exact) mass is 632 g/mol. The zero-order chi connectivity index (χ0) is 32.1. The molecule has 1 aromatic heterocycles. The molecule has 0 radical (unpaired) electrons. The lowest BCUT2D eigenvalue weighted by molar-refractivity contribution is -0.128. The fourth-order valence-corrected chi connectivity index (χ4v) is 6.97. The first kappa shape index (κ1) is 31.7. The number of H-pyrrole nitrogens is 1. The van der Waals surface area contributed by atoms with Crippen LogP contribution in [0.4, 0.5) is 16.2 Å². The summed E-state index contributed by atoms with van der Waals surface area (Å²) in [5, 5.41) is 6.52. The fourth-order valence-electron chi connectivity index (χ4n) is 5.10. The SMILES string of the molecule is CO[C@@H](COC(=O)Nc1ccc(S(=O)(=O)C2CC2)c(CN(C)C(=O)CNc2ccc3cc[nH]c(=O)c3c2)c1)c1ccccc1C. The first-order chi connectivity index (χ1) is 21.6. The first-order valence-electron chi connectivity index (χ1n) is 14.5. The molecule has 0 spiro atoms.